The van der Waals surface area contributed by atoms with Crippen molar-refractivity contribution < 1.29 is 34.0 Å². The van der Waals surface area contributed by atoms with Crippen molar-refractivity contribution in [3.63, 3.8) is 0 Å². The van der Waals surface area contributed by atoms with E-state index in [4.69, 9.17) is 34.0 Å². The molecule has 8 nitrogen and oxygen atoms in total. The Morgan fingerprint density at radius 3 is 2.16 bits per heavy atom. The fourth-order valence-corrected chi connectivity index (χ4v) is 2.14. The highest BCUT2D eigenvalue weighted by Crippen LogP contribution is 2.26. The molecule has 1 heterocycles. The number of benzene rings is 1. The summed E-state index contributed by atoms with van der Waals surface area (Å²) >= 11 is 0. The van der Waals surface area contributed by atoms with Gasteiger partial charge in [-0.15, -0.1) is 0 Å². The number of ether oxygens (including phenoxy) is 3. The molecule has 0 aliphatic carbocycles. The summed E-state index contributed by atoms with van der Waals surface area (Å²) in [6.45, 7) is 8.22. The standard InChI is InChI=1S/C15H23NO3.C2H2O4/c1-2-18-14-6-3-4-7-15(14)19-11-5-8-16-9-12-17-13-10-16;3-1(4)2(5)6/h3-4,6-7H,2,5,8-13H2,1H3;(H,3,4)(H,5,6). The van der Waals surface area contributed by atoms with Crippen LogP contribution < -0.4 is 9.47 Å². The molecule has 1 saturated heterocycles. The van der Waals surface area contributed by atoms with Crippen molar-refractivity contribution in [1.82, 2.24) is 4.90 Å². The van der Waals surface area contributed by atoms with Gasteiger partial charge in [-0.1, -0.05) is 12.1 Å². The number of para-hydroxylation sites is 2. The van der Waals surface area contributed by atoms with Crippen molar-refractivity contribution >= 4 is 11.9 Å². The van der Waals surface area contributed by atoms with Crippen LogP contribution in [0.2, 0.25) is 0 Å². The summed E-state index contributed by atoms with van der Waals surface area (Å²) in [6, 6.07) is 7.84. The maximum Gasteiger partial charge on any atom is 0.414 e. The Labute approximate surface area is 146 Å². The van der Waals surface area contributed by atoms with E-state index in [-0.39, 0.29) is 0 Å². The van der Waals surface area contributed by atoms with E-state index in [2.05, 4.69) is 4.90 Å². The molecule has 1 aromatic carbocycles. The first-order valence-corrected chi connectivity index (χ1v) is 8.15. The lowest BCUT2D eigenvalue weighted by Gasteiger charge is -2.26. The minimum Gasteiger partial charge on any atom is -0.490 e. The summed E-state index contributed by atoms with van der Waals surface area (Å²) < 4.78 is 16.7. The summed E-state index contributed by atoms with van der Waals surface area (Å²) in [4.78, 5) is 20.6. The van der Waals surface area contributed by atoms with Crippen molar-refractivity contribution in [3.8, 4) is 11.5 Å². The number of hydrogen-bond acceptors (Lipinski definition) is 6. The number of aliphatic carboxylic acids is 2. The predicted octanol–water partition coefficient (Wildman–Crippen LogP) is 1.34. The van der Waals surface area contributed by atoms with E-state index < -0.39 is 11.9 Å². The average Bonchev–Trinajstić information content (AvgIpc) is 2.61. The average molecular weight is 355 g/mol. The van der Waals surface area contributed by atoms with Gasteiger partial charge >= 0.3 is 11.9 Å². The summed E-state index contributed by atoms with van der Waals surface area (Å²) in [5, 5.41) is 14.8. The molecule has 25 heavy (non-hydrogen) atoms. The molecule has 2 rings (SSSR count). The van der Waals surface area contributed by atoms with Crippen molar-refractivity contribution in [3.05, 3.63) is 24.3 Å². The minimum atomic E-state index is -1.82. The topological polar surface area (TPSA) is 106 Å². The van der Waals surface area contributed by atoms with E-state index >= 15 is 0 Å². The highest BCUT2D eigenvalue weighted by Gasteiger charge is 2.10. The van der Waals surface area contributed by atoms with Gasteiger partial charge in [-0.05, 0) is 25.5 Å². The SMILES string of the molecule is CCOc1ccccc1OCCCN1CCOCC1.O=C(O)C(=O)O. The molecule has 1 fully saturated rings. The highest BCUT2D eigenvalue weighted by atomic mass is 16.5. The molecule has 0 aromatic heterocycles. The number of carbonyl (C=O) groups is 2. The largest absolute Gasteiger partial charge is 0.490 e. The van der Waals surface area contributed by atoms with Gasteiger partial charge in [0.2, 0.25) is 0 Å². The molecular weight excluding hydrogens is 330 g/mol. The van der Waals surface area contributed by atoms with Crippen LogP contribution >= 0.6 is 0 Å². The first kappa shape index (κ1) is 20.7. The molecule has 0 saturated carbocycles. The van der Waals surface area contributed by atoms with Crippen LogP contribution in [0.3, 0.4) is 0 Å². The van der Waals surface area contributed by atoms with E-state index in [1.54, 1.807) is 0 Å². The van der Waals surface area contributed by atoms with Gasteiger partial charge in [-0.3, -0.25) is 4.90 Å². The maximum atomic E-state index is 9.10. The number of nitrogens with zero attached hydrogens (tertiary/aromatic N) is 1. The first-order chi connectivity index (χ1) is 12.0. The quantitative estimate of drug-likeness (QED) is 0.558. The number of hydrogen-bond donors (Lipinski definition) is 2. The van der Waals surface area contributed by atoms with Crippen molar-refractivity contribution in [2.45, 2.75) is 13.3 Å². The van der Waals surface area contributed by atoms with Crippen LogP contribution in [0.15, 0.2) is 24.3 Å². The lowest BCUT2D eigenvalue weighted by Crippen LogP contribution is -2.37. The molecule has 0 spiro atoms. The first-order valence-electron chi connectivity index (χ1n) is 8.15. The molecule has 0 atom stereocenters. The van der Waals surface area contributed by atoms with Gasteiger partial charge in [0, 0.05) is 19.6 Å². The zero-order valence-corrected chi connectivity index (χ0v) is 14.3. The molecule has 0 bridgehead atoms. The van der Waals surface area contributed by atoms with Crippen LogP contribution in [0.25, 0.3) is 0 Å². The van der Waals surface area contributed by atoms with Crippen LogP contribution in [0.4, 0.5) is 0 Å². The monoisotopic (exact) mass is 355 g/mol. The van der Waals surface area contributed by atoms with Gasteiger partial charge < -0.3 is 24.4 Å². The molecule has 1 aliphatic heterocycles. The molecule has 1 aromatic rings. The zero-order chi connectivity index (χ0) is 18.5. The second kappa shape index (κ2) is 12.1. The molecule has 2 N–H and O–H groups in total. The van der Waals surface area contributed by atoms with Gasteiger partial charge in [0.1, 0.15) is 0 Å². The lowest BCUT2D eigenvalue weighted by molar-refractivity contribution is -0.159. The van der Waals surface area contributed by atoms with Gasteiger partial charge in [-0.2, -0.15) is 0 Å². The predicted molar refractivity (Wildman–Crippen MR) is 90.3 cm³/mol. The molecule has 1 aliphatic rings. The molecule has 8 heteroatoms. The Balaban J connectivity index is 0.000000450. The van der Waals surface area contributed by atoms with E-state index in [9.17, 15) is 0 Å². The van der Waals surface area contributed by atoms with E-state index in [1.807, 2.05) is 31.2 Å². The second-order valence-electron chi connectivity index (χ2n) is 5.15. The normalized spacial score (nSPS) is 14.1. The Morgan fingerprint density at radius 2 is 1.64 bits per heavy atom. The molecule has 0 amide bonds. The van der Waals surface area contributed by atoms with Crippen LogP contribution in [-0.2, 0) is 14.3 Å². The van der Waals surface area contributed by atoms with Crippen LogP contribution in [0.5, 0.6) is 11.5 Å². The minimum absolute atomic E-state index is 0.661. The second-order valence-corrected chi connectivity index (χ2v) is 5.15. The molecule has 140 valence electrons. The summed E-state index contributed by atoms with van der Waals surface area (Å²) in [7, 11) is 0. The fraction of sp³-hybridized carbons (Fsp3) is 0.529. The lowest BCUT2D eigenvalue weighted by atomic mass is 10.3. The van der Waals surface area contributed by atoms with Crippen LogP contribution in [-0.4, -0.2) is 73.1 Å². The van der Waals surface area contributed by atoms with Crippen molar-refractivity contribution in [1.29, 1.82) is 0 Å². The molecular formula is C17H25NO7. The van der Waals surface area contributed by atoms with Gasteiger partial charge in [0.25, 0.3) is 0 Å². The number of carboxylic acid groups (broad SMARTS) is 2. The van der Waals surface area contributed by atoms with E-state index in [0.29, 0.717) is 6.61 Å². The van der Waals surface area contributed by atoms with Crippen LogP contribution in [0, 0.1) is 0 Å². The Hall–Kier alpha value is -2.32. The number of morpholine rings is 1. The third-order valence-corrected chi connectivity index (χ3v) is 3.31. The summed E-state index contributed by atoms with van der Waals surface area (Å²) in [5.74, 6) is -1.98. The highest BCUT2D eigenvalue weighted by molar-refractivity contribution is 6.27. The maximum absolute atomic E-state index is 9.10. The van der Waals surface area contributed by atoms with E-state index in [1.165, 1.54) is 0 Å². The van der Waals surface area contributed by atoms with Crippen molar-refractivity contribution in [2.75, 3.05) is 46.1 Å². The van der Waals surface area contributed by atoms with Crippen LogP contribution in [0.1, 0.15) is 13.3 Å². The van der Waals surface area contributed by atoms with E-state index in [0.717, 1.165) is 57.4 Å². The van der Waals surface area contributed by atoms with Gasteiger partial charge in [0.15, 0.2) is 11.5 Å². The van der Waals surface area contributed by atoms with Crippen molar-refractivity contribution in [2.24, 2.45) is 0 Å². The van der Waals surface area contributed by atoms with Gasteiger partial charge in [-0.25, -0.2) is 9.59 Å². The smallest absolute Gasteiger partial charge is 0.414 e. The molecule has 0 radical (unpaired) electrons. The Kier molecular flexibility index (Phi) is 10.0. The summed E-state index contributed by atoms with van der Waals surface area (Å²) in [5.41, 5.74) is 0. The fourth-order valence-electron chi connectivity index (χ4n) is 2.14. The number of carboxylic acids is 2. The third-order valence-electron chi connectivity index (χ3n) is 3.31. The summed E-state index contributed by atoms with van der Waals surface area (Å²) in [6.07, 6.45) is 1.03. The Bertz CT molecular complexity index is 517. The third kappa shape index (κ3) is 8.92. The molecule has 0 unspecified atom stereocenters. The van der Waals surface area contributed by atoms with Gasteiger partial charge in [0.05, 0.1) is 26.4 Å². The number of rotatable bonds is 7. The zero-order valence-electron chi connectivity index (χ0n) is 14.3. The Morgan fingerprint density at radius 1 is 1.08 bits per heavy atom.